The number of nitrogens with zero attached hydrogens (tertiary/aromatic N) is 3. The van der Waals surface area contributed by atoms with Crippen molar-refractivity contribution in [3.05, 3.63) is 29.6 Å². The summed E-state index contributed by atoms with van der Waals surface area (Å²) in [7, 11) is 0. The van der Waals surface area contributed by atoms with Crippen molar-refractivity contribution >= 4 is 27.5 Å². The molecule has 0 spiro atoms. The van der Waals surface area contributed by atoms with Crippen LogP contribution in [0.5, 0.6) is 5.88 Å². The number of nitrogens with two attached hydrogens (primary N) is 1. The predicted octanol–water partition coefficient (Wildman–Crippen LogP) is 2.83. The molecule has 0 aliphatic heterocycles. The van der Waals surface area contributed by atoms with Crippen LogP contribution in [-0.2, 0) is 0 Å². The number of aromatic nitrogens is 3. The van der Waals surface area contributed by atoms with Gasteiger partial charge in [0.15, 0.2) is 10.8 Å². The van der Waals surface area contributed by atoms with Crippen molar-refractivity contribution in [1.29, 1.82) is 0 Å². The Morgan fingerprint density at radius 3 is 2.52 bits per heavy atom. The van der Waals surface area contributed by atoms with E-state index in [1.165, 1.54) is 11.3 Å². The van der Waals surface area contributed by atoms with Crippen LogP contribution in [0, 0.1) is 0 Å². The highest BCUT2D eigenvalue weighted by atomic mass is 32.1. The van der Waals surface area contributed by atoms with Gasteiger partial charge in [-0.3, -0.25) is 0 Å². The van der Waals surface area contributed by atoms with Crippen LogP contribution in [0.4, 0.5) is 5.13 Å². The van der Waals surface area contributed by atoms with E-state index in [0.29, 0.717) is 17.4 Å². The van der Waals surface area contributed by atoms with Gasteiger partial charge < -0.3 is 10.2 Å². The molecule has 6 nitrogen and oxygen atoms in total. The van der Waals surface area contributed by atoms with Crippen LogP contribution < -0.4 is 16.1 Å². The normalized spacial score (nSPS) is 11.0. The summed E-state index contributed by atoms with van der Waals surface area (Å²) >= 11 is 1.51. The number of rotatable bonds is 4. The van der Waals surface area contributed by atoms with E-state index in [2.05, 4.69) is 34.1 Å². The molecule has 0 unspecified atom stereocenters. The Kier molecular flexibility index (Phi) is 3.68. The summed E-state index contributed by atoms with van der Waals surface area (Å²) in [5, 5.41) is 6.00. The maximum atomic E-state index is 5.32. The molecule has 0 fully saturated rings. The van der Waals surface area contributed by atoms with Crippen molar-refractivity contribution < 1.29 is 4.84 Å². The second-order valence-electron chi connectivity index (χ2n) is 4.82. The smallest absolute Gasteiger partial charge is 0.266 e. The maximum Gasteiger partial charge on any atom is 0.266 e. The van der Waals surface area contributed by atoms with E-state index in [9.17, 15) is 0 Å². The third-order valence-electron chi connectivity index (χ3n) is 2.81. The van der Waals surface area contributed by atoms with Crippen LogP contribution in [0.3, 0.4) is 0 Å². The van der Waals surface area contributed by atoms with E-state index >= 15 is 0 Å². The van der Waals surface area contributed by atoms with Gasteiger partial charge in [-0.2, -0.15) is 5.90 Å². The van der Waals surface area contributed by atoms with E-state index < -0.39 is 0 Å². The van der Waals surface area contributed by atoms with Gasteiger partial charge in [0.05, 0.1) is 11.0 Å². The summed E-state index contributed by atoms with van der Waals surface area (Å²) < 4.78 is 0. The van der Waals surface area contributed by atoms with Gasteiger partial charge in [-0.1, -0.05) is 12.1 Å². The highest BCUT2D eigenvalue weighted by Gasteiger charge is 2.15. The number of nitrogens with one attached hydrogen (secondary N) is 1. The Morgan fingerprint density at radius 2 is 1.86 bits per heavy atom. The van der Waals surface area contributed by atoms with Crippen LogP contribution in [0.15, 0.2) is 29.6 Å². The Bertz CT molecular complexity index is 771. The van der Waals surface area contributed by atoms with Crippen LogP contribution in [-0.4, -0.2) is 21.0 Å². The maximum absolute atomic E-state index is 5.32. The van der Waals surface area contributed by atoms with Crippen molar-refractivity contribution in [1.82, 2.24) is 15.0 Å². The van der Waals surface area contributed by atoms with Crippen LogP contribution in [0.25, 0.3) is 22.4 Å². The lowest BCUT2D eigenvalue weighted by Gasteiger charge is -2.06. The second-order valence-corrected chi connectivity index (χ2v) is 5.68. The SMILES string of the molecule is CC(C)Nc1nc(-c2nc3ccccc3nc2ON)cs1. The minimum Gasteiger partial charge on any atom is -0.389 e. The van der Waals surface area contributed by atoms with Crippen molar-refractivity contribution in [2.45, 2.75) is 19.9 Å². The zero-order valence-corrected chi connectivity index (χ0v) is 12.5. The van der Waals surface area contributed by atoms with Gasteiger partial charge >= 0.3 is 0 Å². The molecule has 0 aliphatic carbocycles. The van der Waals surface area contributed by atoms with E-state index in [4.69, 9.17) is 10.7 Å². The monoisotopic (exact) mass is 301 g/mol. The fourth-order valence-corrected chi connectivity index (χ4v) is 2.77. The fraction of sp³-hybridized carbons (Fsp3) is 0.214. The van der Waals surface area contributed by atoms with Crippen LogP contribution in [0.1, 0.15) is 13.8 Å². The number of anilines is 1. The van der Waals surface area contributed by atoms with Gasteiger partial charge in [0.1, 0.15) is 5.69 Å². The molecule has 0 saturated carbocycles. The van der Waals surface area contributed by atoms with Gasteiger partial charge in [-0.05, 0) is 26.0 Å². The summed E-state index contributed by atoms with van der Waals surface area (Å²) in [6.45, 7) is 4.12. The van der Waals surface area contributed by atoms with Gasteiger partial charge in [-0.25, -0.2) is 15.0 Å². The van der Waals surface area contributed by atoms with Crippen LogP contribution in [0.2, 0.25) is 0 Å². The lowest BCUT2D eigenvalue weighted by atomic mass is 10.2. The zero-order chi connectivity index (χ0) is 14.8. The molecule has 3 rings (SSSR count). The van der Waals surface area contributed by atoms with Crippen LogP contribution >= 0.6 is 11.3 Å². The summed E-state index contributed by atoms with van der Waals surface area (Å²) in [5.41, 5.74) is 2.75. The molecule has 108 valence electrons. The number of thiazole rings is 1. The number of fused-ring (bicyclic) bond motifs is 1. The van der Waals surface area contributed by atoms with E-state index in [1.807, 2.05) is 29.6 Å². The Morgan fingerprint density at radius 1 is 1.14 bits per heavy atom. The van der Waals surface area contributed by atoms with Crippen molar-refractivity contribution in [3.63, 3.8) is 0 Å². The number of benzene rings is 1. The molecular weight excluding hydrogens is 286 g/mol. The molecule has 0 atom stereocenters. The molecule has 0 amide bonds. The Balaban J connectivity index is 2.08. The van der Waals surface area contributed by atoms with Gasteiger partial charge in [0.25, 0.3) is 5.88 Å². The second kappa shape index (κ2) is 5.63. The summed E-state index contributed by atoms with van der Waals surface area (Å²) in [6, 6.07) is 7.88. The lowest BCUT2D eigenvalue weighted by Crippen LogP contribution is -2.09. The quantitative estimate of drug-likeness (QED) is 0.721. The molecule has 3 N–H and O–H groups in total. The first-order valence-corrected chi connectivity index (χ1v) is 7.41. The first-order valence-electron chi connectivity index (χ1n) is 6.53. The van der Waals surface area contributed by atoms with Crippen molar-refractivity contribution in [2.75, 3.05) is 5.32 Å². The molecule has 2 heterocycles. The van der Waals surface area contributed by atoms with Crippen molar-refractivity contribution in [3.8, 4) is 17.3 Å². The molecule has 0 aliphatic rings. The van der Waals surface area contributed by atoms with E-state index in [1.54, 1.807) is 0 Å². The first-order chi connectivity index (χ1) is 10.2. The number of hydrogen-bond acceptors (Lipinski definition) is 7. The third-order valence-corrected chi connectivity index (χ3v) is 3.58. The molecule has 0 saturated heterocycles. The van der Waals surface area contributed by atoms with Gasteiger partial charge in [0, 0.05) is 11.4 Å². The molecule has 7 heteroatoms. The van der Waals surface area contributed by atoms with E-state index in [0.717, 1.165) is 16.2 Å². The zero-order valence-electron chi connectivity index (χ0n) is 11.7. The number of hydrogen-bond donors (Lipinski definition) is 2. The molecular formula is C14H15N5OS. The molecule has 21 heavy (non-hydrogen) atoms. The molecule has 3 aromatic rings. The van der Waals surface area contributed by atoms with E-state index in [-0.39, 0.29) is 5.88 Å². The molecule has 2 aromatic heterocycles. The lowest BCUT2D eigenvalue weighted by molar-refractivity contribution is 0.322. The third kappa shape index (κ3) is 2.79. The van der Waals surface area contributed by atoms with Gasteiger partial charge in [-0.15, -0.1) is 11.3 Å². The highest BCUT2D eigenvalue weighted by Crippen LogP contribution is 2.30. The summed E-state index contributed by atoms with van der Waals surface area (Å²) in [6.07, 6.45) is 0. The average Bonchev–Trinajstić information content (AvgIpc) is 2.93. The average molecular weight is 301 g/mol. The fourth-order valence-electron chi connectivity index (χ4n) is 1.93. The number of para-hydroxylation sites is 2. The van der Waals surface area contributed by atoms with Crippen molar-refractivity contribution in [2.24, 2.45) is 5.90 Å². The molecule has 0 radical (unpaired) electrons. The molecule has 0 bridgehead atoms. The predicted molar refractivity (Wildman–Crippen MR) is 84.2 cm³/mol. The Hall–Kier alpha value is -2.25. The standard InChI is InChI=1S/C14H15N5OS/c1-8(2)16-14-19-11(7-21-14)12-13(20-15)18-10-6-4-3-5-9(10)17-12/h3-8H,15H2,1-2H3,(H,16,19). The largest absolute Gasteiger partial charge is 0.389 e. The minimum atomic E-state index is 0.273. The topological polar surface area (TPSA) is 86.0 Å². The Labute approximate surface area is 126 Å². The minimum absolute atomic E-state index is 0.273. The summed E-state index contributed by atoms with van der Waals surface area (Å²) in [5.74, 6) is 5.60. The van der Waals surface area contributed by atoms with Gasteiger partial charge in [0.2, 0.25) is 0 Å². The molecule has 1 aromatic carbocycles. The summed E-state index contributed by atoms with van der Waals surface area (Å²) in [4.78, 5) is 18.3. The first kappa shape index (κ1) is 13.7. The highest BCUT2D eigenvalue weighted by molar-refractivity contribution is 7.14.